The summed E-state index contributed by atoms with van der Waals surface area (Å²) < 4.78 is 14.4. The van der Waals surface area contributed by atoms with E-state index in [0.717, 1.165) is 25.7 Å². The second-order valence-electron chi connectivity index (χ2n) is 16.9. The normalized spacial score (nSPS) is 53.3. The molecule has 8 heteroatoms. The van der Waals surface area contributed by atoms with Crippen molar-refractivity contribution >= 4 is 11.4 Å². The van der Waals surface area contributed by atoms with Crippen molar-refractivity contribution in [2.75, 3.05) is 49.2 Å². The van der Waals surface area contributed by atoms with E-state index < -0.39 is 0 Å². The molecule has 11 aliphatic rings. The highest BCUT2D eigenvalue weighted by molar-refractivity contribution is 5.72. The lowest BCUT2D eigenvalue weighted by atomic mass is 9.52. The van der Waals surface area contributed by atoms with E-state index in [0.29, 0.717) is 51.2 Å². The Morgan fingerprint density at radius 3 is 1.59 bits per heavy atom. The van der Waals surface area contributed by atoms with Crippen LogP contribution in [-0.4, -0.2) is 85.3 Å². The molecule has 3 unspecified atom stereocenters. The minimum absolute atomic E-state index is 0.0614. The first-order chi connectivity index (χ1) is 22.5. The number of nitrogens with zero attached hydrogens (tertiary/aromatic N) is 4. The van der Waals surface area contributed by atoms with Crippen LogP contribution in [0.25, 0.3) is 0 Å². The summed E-state index contributed by atoms with van der Waals surface area (Å²) in [5.74, 6) is 1.02. The van der Waals surface area contributed by atoms with Crippen molar-refractivity contribution < 1.29 is 18.8 Å². The lowest BCUT2D eigenvalue weighted by Crippen LogP contribution is -2.77. The van der Waals surface area contributed by atoms with E-state index >= 15 is 0 Å². The summed E-state index contributed by atoms with van der Waals surface area (Å²) >= 11 is 0. The minimum atomic E-state index is -0.217. The van der Waals surface area contributed by atoms with Gasteiger partial charge in [-0.15, -0.1) is 0 Å². The van der Waals surface area contributed by atoms with Gasteiger partial charge in [0.1, 0.15) is 37.6 Å². The number of rotatable bonds is 0. The van der Waals surface area contributed by atoms with E-state index in [1.165, 1.54) is 33.6 Å². The molecule has 0 aromatic heterocycles. The molecule has 0 radical (unpaired) electrons. The molecule has 14 atom stereocenters. The number of hydroxylamine groups is 6. The fourth-order valence-corrected chi connectivity index (χ4v) is 15.0. The molecular weight excluding hydrogens is 576 g/mol. The zero-order chi connectivity index (χ0) is 29.9. The number of hydrogen-bond donors (Lipinski definition) is 0. The van der Waals surface area contributed by atoms with Crippen LogP contribution in [0.4, 0.5) is 11.4 Å². The van der Waals surface area contributed by atoms with E-state index in [1.54, 1.807) is 0 Å². The molecule has 13 rings (SSSR count). The average Bonchev–Trinajstić information content (AvgIpc) is 3.66. The Bertz CT molecular complexity index is 1710. The first-order valence-electron chi connectivity index (χ1n) is 18.0. The third-order valence-corrected chi connectivity index (χ3v) is 16.1. The molecule has 5 saturated heterocycles. The van der Waals surface area contributed by atoms with E-state index in [-0.39, 0.29) is 68.6 Å². The molecule has 2 aromatic carbocycles. The third-order valence-electron chi connectivity index (χ3n) is 16.1. The quantitative estimate of drug-likeness (QED) is 0.250. The Labute approximate surface area is 269 Å². The van der Waals surface area contributed by atoms with Gasteiger partial charge in [-0.05, 0) is 34.4 Å². The number of para-hydroxylation sites is 2. The molecule has 9 aliphatic heterocycles. The van der Waals surface area contributed by atoms with Crippen LogP contribution < -0.4 is 9.80 Å². The summed E-state index contributed by atoms with van der Waals surface area (Å²) in [6.07, 6.45) is 8.09. The molecule has 0 N–H and O–H groups in total. The second-order valence-corrected chi connectivity index (χ2v) is 16.9. The van der Waals surface area contributed by atoms with Crippen LogP contribution in [0.1, 0.15) is 36.8 Å². The first kappa shape index (κ1) is 25.3. The Balaban J connectivity index is 1.15. The van der Waals surface area contributed by atoms with Crippen molar-refractivity contribution in [3.8, 4) is 0 Å². The maximum absolute atomic E-state index is 14.9. The Hall–Kier alpha value is -2.72. The largest absolute Gasteiger partial charge is 0.632 e. The van der Waals surface area contributed by atoms with Gasteiger partial charge in [-0.1, -0.05) is 48.6 Å². The SMILES string of the molecule is [O-][N+]12CC[C@@]34c5ccccc5N5[C@@H]6OCC=C7C[N+]8([O-])CC[C@]9%10c%11ccccc%11N([C@@H]%11OCC=C(C1)[C@H](C[C@@H]32)C%11[C@H]54)[C@H]9[C@H]6[C@H]7C[C@@H]%108. The highest BCUT2D eigenvalue weighted by Crippen LogP contribution is 2.72. The summed E-state index contributed by atoms with van der Waals surface area (Å²) in [7, 11) is 0. The summed E-state index contributed by atoms with van der Waals surface area (Å²) in [6, 6.07) is 18.6. The van der Waals surface area contributed by atoms with Crippen LogP contribution in [0.15, 0.2) is 71.8 Å². The number of anilines is 2. The maximum Gasteiger partial charge on any atom is 0.136 e. The van der Waals surface area contributed by atoms with E-state index in [9.17, 15) is 10.4 Å². The van der Waals surface area contributed by atoms with Crippen molar-refractivity contribution in [3.05, 3.63) is 93.4 Å². The van der Waals surface area contributed by atoms with Gasteiger partial charge in [-0.2, -0.15) is 0 Å². The Morgan fingerprint density at radius 1 is 0.652 bits per heavy atom. The molecular formula is C38H40N4O4. The number of hydrogen-bond acceptors (Lipinski definition) is 6. The number of fused-ring (bicyclic) bond motifs is 6. The number of quaternary nitrogens is 2. The lowest BCUT2D eigenvalue weighted by Gasteiger charge is -2.66. The zero-order valence-corrected chi connectivity index (χ0v) is 26.0. The minimum Gasteiger partial charge on any atom is -0.632 e. The molecule has 2 aromatic rings. The molecule has 4 bridgehead atoms. The molecule has 46 heavy (non-hydrogen) atoms. The molecule has 8 nitrogen and oxygen atoms in total. The van der Waals surface area contributed by atoms with Gasteiger partial charge in [0.2, 0.25) is 0 Å². The van der Waals surface area contributed by atoms with Crippen LogP contribution in [0.3, 0.4) is 0 Å². The second kappa shape index (κ2) is 7.61. The number of benzene rings is 2. The topological polar surface area (TPSA) is 71.1 Å². The van der Waals surface area contributed by atoms with Crippen LogP contribution in [-0.2, 0) is 20.3 Å². The van der Waals surface area contributed by atoms with Crippen molar-refractivity contribution in [1.29, 1.82) is 0 Å². The van der Waals surface area contributed by atoms with Gasteiger partial charge in [0.05, 0.1) is 49.2 Å². The molecule has 7 fully saturated rings. The first-order valence-corrected chi connectivity index (χ1v) is 18.0. The highest BCUT2D eigenvalue weighted by atomic mass is 16.6. The van der Waals surface area contributed by atoms with Gasteiger partial charge in [0, 0.05) is 60.7 Å². The van der Waals surface area contributed by atoms with Gasteiger partial charge in [-0.3, -0.25) is 0 Å². The van der Waals surface area contributed by atoms with Crippen LogP contribution in [0, 0.1) is 34.1 Å². The van der Waals surface area contributed by atoms with Crippen molar-refractivity contribution in [3.63, 3.8) is 0 Å². The van der Waals surface area contributed by atoms with Gasteiger partial charge >= 0.3 is 0 Å². The Kier molecular flexibility index (Phi) is 4.19. The van der Waals surface area contributed by atoms with Crippen molar-refractivity contribution in [2.45, 2.75) is 73.1 Å². The fraction of sp³-hybridized carbons (Fsp3) is 0.579. The van der Waals surface area contributed by atoms with Crippen molar-refractivity contribution in [2.24, 2.45) is 23.7 Å². The van der Waals surface area contributed by atoms with Gasteiger partial charge in [-0.25, -0.2) is 0 Å². The van der Waals surface area contributed by atoms with Crippen LogP contribution in [0.5, 0.6) is 0 Å². The lowest BCUT2D eigenvalue weighted by molar-refractivity contribution is -0.897. The summed E-state index contributed by atoms with van der Waals surface area (Å²) in [4.78, 5) is 5.52. The summed E-state index contributed by atoms with van der Waals surface area (Å²) in [5.41, 5.74) is 7.62. The monoisotopic (exact) mass is 616 g/mol. The molecule has 2 aliphatic carbocycles. The average molecular weight is 617 g/mol. The highest BCUT2D eigenvalue weighted by Gasteiger charge is 2.79. The number of piperidine rings is 2. The zero-order valence-electron chi connectivity index (χ0n) is 26.0. The summed E-state index contributed by atoms with van der Waals surface area (Å²) in [6.45, 7) is 3.70. The predicted octanol–water partition coefficient (Wildman–Crippen LogP) is 4.29. The molecule has 236 valence electrons. The van der Waals surface area contributed by atoms with E-state index in [2.05, 4.69) is 70.5 Å². The van der Waals surface area contributed by atoms with E-state index in [1.807, 2.05) is 0 Å². The molecule has 2 saturated carbocycles. The molecule has 9 heterocycles. The smallest absolute Gasteiger partial charge is 0.136 e. The summed E-state index contributed by atoms with van der Waals surface area (Å²) in [5, 5.41) is 29.9. The van der Waals surface area contributed by atoms with Gasteiger partial charge < -0.3 is 39.0 Å². The number of ether oxygens (including phenoxy) is 2. The predicted molar refractivity (Wildman–Crippen MR) is 171 cm³/mol. The molecule has 0 amide bonds. The maximum atomic E-state index is 14.9. The fourth-order valence-electron chi connectivity index (χ4n) is 15.0. The van der Waals surface area contributed by atoms with Gasteiger partial charge in [0.15, 0.2) is 0 Å². The third kappa shape index (κ3) is 2.39. The van der Waals surface area contributed by atoms with E-state index in [4.69, 9.17) is 9.47 Å². The van der Waals surface area contributed by atoms with Crippen LogP contribution in [0.2, 0.25) is 0 Å². The van der Waals surface area contributed by atoms with Crippen LogP contribution >= 0.6 is 0 Å². The Morgan fingerprint density at radius 2 is 1.11 bits per heavy atom. The standard InChI is InChI=1S/C38H40N4O4/c43-41-13-11-37-25-5-1-3-7-27(25)39-33(37)31-23(17-29(37)41)21(19-41)10-16-46-36(31)40-28-8-4-2-6-26(28)38-12-14-42(44)20-22-9-15-45-35(39)32(34(38)40)24(22)18-30(38)42/h1-10,23-24,29-36H,11-20H2/t23-,24-,29-,30-,31+,32?,33-,34-,35+,36+,37+,38+,41?,42?/m0/s1. The van der Waals surface area contributed by atoms with Crippen molar-refractivity contribution in [1.82, 2.24) is 0 Å². The molecule has 2 spiro atoms. The van der Waals surface area contributed by atoms with Gasteiger partial charge in [0.25, 0.3) is 0 Å².